The van der Waals surface area contributed by atoms with E-state index < -0.39 is 15.8 Å². The molecule has 20 heavy (non-hydrogen) atoms. The summed E-state index contributed by atoms with van der Waals surface area (Å²) in [6.45, 7) is 1.46. The van der Waals surface area contributed by atoms with E-state index in [9.17, 15) is 12.8 Å². The topological polar surface area (TPSA) is 66.4 Å². The molecule has 2 aromatic rings. The van der Waals surface area contributed by atoms with Crippen LogP contribution in [0.2, 0.25) is 0 Å². The third-order valence-electron chi connectivity index (χ3n) is 2.61. The van der Waals surface area contributed by atoms with Gasteiger partial charge in [-0.2, -0.15) is 0 Å². The van der Waals surface area contributed by atoms with Gasteiger partial charge in [0.15, 0.2) is 0 Å². The number of thiophene rings is 1. The summed E-state index contributed by atoms with van der Waals surface area (Å²) < 4.78 is 40.4. The standard InChI is InChI=1S/C12H11BrFNO3S2/c1-7-2-10(13)11(14)4-12(7)15-20(17,18)9-3-8(5-16)19-6-9/h2-4,6,15-16H,5H2,1H3. The van der Waals surface area contributed by atoms with Crippen LogP contribution in [0.4, 0.5) is 10.1 Å². The molecule has 1 aromatic heterocycles. The van der Waals surface area contributed by atoms with Crippen molar-refractivity contribution in [2.75, 3.05) is 4.72 Å². The Labute approximate surface area is 128 Å². The van der Waals surface area contributed by atoms with Gasteiger partial charge < -0.3 is 5.11 Å². The Balaban J connectivity index is 2.35. The van der Waals surface area contributed by atoms with E-state index in [4.69, 9.17) is 5.11 Å². The molecule has 1 aromatic carbocycles. The zero-order valence-corrected chi connectivity index (χ0v) is 13.6. The Kier molecular flexibility index (Phi) is 4.48. The maximum atomic E-state index is 13.5. The maximum Gasteiger partial charge on any atom is 0.262 e. The molecule has 4 nitrogen and oxygen atoms in total. The summed E-state index contributed by atoms with van der Waals surface area (Å²) in [6, 6.07) is 4.01. The fourth-order valence-corrected chi connectivity index (χ4v) is 4.26. The molecule has 8 heteroatoms. The number of benzene rings is 1. The van der Waals surface area contributed by atoms with Gasteiger partial charge in [0, 0.05) is 10.3 Å². The number of anilines is 1. The van der Waals surface area contributed by atoms with Gasteiger partial charge in [0.2, 0.25) is 0 Å². The van der Waals surface area contributed by atoms with Gasteiger partial charge in [-0.3, -0.25) is 4.72 Å². The van der Waals surface area contributed by atoms with Crippen LogP contribution in [0.5, 0.6) is 0 Å². The monoisotopic (exact) mass is 379 g/mol. The van der Waals surface area contributed by atoms with Crippen molar-refractivity contribution in [3.63, 3.8) is 0 Å². The SMILES string of the molecule is Cc1cc(Br)c(F)cc1NS(=O)(=O)c1csc(CO)c1. The first kappa shape index (κ1) is 15.4. The molecule has 0 amide bonds. The highest BCUT2D eigenvalue weighted by Gasteiger charge is 2.18. The minimum atomic E-state index is -3.79. The van der Waals surface area contributed by atoms with Crippen molar-refractivity contribution < 1.29 is 17.9 Å². The molecule has 0 saturated carbocycles. The second-order valence-corrected chi connectivity index (χ2v) is 7.63. The highest BCUT2D eigenvalue weighted by atomic mass is 79.9. The molecule has 2 N–H and O–H groups in total. The van der Waals surface area contributed by atoms with Crippen LogP contribution in [-0.2, 0) is 16.6 Å². The third kappa shape index (κ3) is 3.20. The number of hydrogen-bond acceptors (Lipinski definition) is 4. The predicted molar refractivity (Wildman–Crippen MR) is 79.9 cm³/mol. The molecular weight excluding hydrogens is 369 g/mol. The number of rotatable bonds is 4. The van der Waals surface area contributed by atoms with E-state index in [1.54, 1.807) is 6.92 Å². The molecule has 1 heterocycles. The molecule has 0 spiro atoms. The summed E-state index contributed by atoms with van der Waals surface area (Å²) in [7, 11) is -3.79. The zero-order chi connectivity index (χ0) is 14.9. The number of aliphatic hydroxyl groups is 1. The van der Waals surface area contributed by atoms with Crippen molar-refractivity contribution >= 4 is 43.0 Å². The van der Waals surface area contributed by atoms with Gasteiger partial charge in [-0.1, -0.05) is 0 Å². The van der Waals surface area contributed by atoms with Gasteiger partial charge in [-0.05, 0) is 46.6 Å². The predicted octanol–water partition coefficient (Wildman–Crippen LogP) is 3.25. The van der Waals surface area contributed by atoms with E-state index in [1.807, 2.05) is 0 Å². The summed E-state index contributed by atoms with van der Waals surface area (Å²) in [4.78, 5) is 0.596. The lowest BCUT2D eigenvalue weighted by Crippen LogP contribution is -2.13. The largest absolute Gasteiger partial charge is 0.391 e. The average molecular weight is 380 g/mol. The van der Waals surface area contributed by atoms with Crippen LogP contribution in [0, 0.1) is 12.7 Å². The van der Waals surface area contributed by atoms with Gasteiger partial charge >= 0.3 is 0 Å². The molecule has 0 aliphatic heterocycles. The van der Waals surface area contributed by atoms with Crippen LogP contribution < -0.4 is 4.72 Å². The van der Waals surface area contributed by atoms with Crippen molar-refractivity contribution in [2.45, 2.75) is 18.4 Å². The summed E-state index contributed by atoms with van der Waals surface area (Å²) in [6.07, 6.45) is 0. The van der Waals surface area contributed by atoms with Crippen molar-refractivity contribution in [1.82, 2.24) is 0 Å². The number of halogens is 2. The number of aryl methyl sites for hydroxylation is 1. The minimum Gasteiger partial charge on any atom is -0.391 e. The van der Waals surface area contributed by atoms with Gasteiger partial charge in [0.05, 0.1) is 21.7 Å². The van der Waals surface area contributed by atoms with Gasteiger partial charge in [-0.25, -0.2) is 12.8 Å². The highest BCUT2D eigenvalue weighted by Crippen LogP contribution is 2.27. The summed E-state index contributed by atoms with van der Waals surface area (Å²) in [5.74, 6) is -0.547. The van der Waals surface area contributed by atoms with Gasteiger partial charge in [-0.15, -0.1) is 11.3 Å². The fraction of sp³-hybridized carbons (Fsp3) is 0.167. The van der Waals surface area contributed by atoms with Crippen LogP contribution in [0.15, 0.2) is 32.9 Å². The normalized spacial score (nSPS) is 11.6. The van der Waals surface area contributed by atoms with Crippen LogP contribution in [-0.4, -0.2) is 13.5 Å². The van der Waals surface area contributed by atoms with Crippen molar-refractivity contribution in [1.29, 1.82) is 0 Å². The van der Waals surface area contributed by atoms with Crippen LogP contribution in [0.3, 0.4) is 0 Å². The molecule has 108 valence electrons. The molecule has 0 aliphatic carbocycles. The molecule has 0 radical (unpaired) electrons. The first-order valence-corrected chi connectivity index (χ1v) is 8.66. The number of aliphatic hydroxyl groups excluding tert-OH is 1. The lowest BCUT2D eigenvalue weighted by Gasteiger charge is -2.10. The first-order chi connectivity index (χ1) is 9.33. The summed E-state index contributed by atoms with van der Waals surface area (Å²) in [5.41, 5.74) is 0.780. The Bertz CT molecular complexity index is 743. The van der Waals surface area contributed by atoms with E-state index in [2.05, 4.69) is 20.7 Å². The van der Waals surface area contributed by atoms with E-state index in [1.165, 1.54) is 17.5 Å². The smallest absolute Gasteiger partial charge is 0.262 e. The molecular formula is C12H11BrFNO3S2. The highest BCUT2D eigenvalue weighted by molar-refractivity contribution is 9.10. The van der Waals surface area contributed by atoms with Crippen LogP contribution in [0.25, 0.3) is 0 Å². The second-order valence-electron chi connectivity index (χ2n) is 4.09. The molecule has 0 unspecified atom stereocenters. The summed E-state index contributed by atoms with van der Waals surface area (Å²) in [5, 5.41) is 10.4. The Morgan fingerprint density at radius 2 is 2.10 bits per heavy atom. The van der Waals surface area contributed by atoms with Crippen molar-refractivity contribution in [3.05, 3.63) is 44.3 Å². The molecule has 2 rings (SSSR count). The quantitative estimate of drug-likeness (QED) is 0.856. The van der Waals surface area contributed by atoms with Gasteiger partial charge in [0.1, 0.15) is 5.82 Å². The lowest BCUT2D eigenvalue weighted by molar-refractivity contribution is 0.285. The second kappa shape index (κ2) is 5.80. The number of nitrogens with one attached hydrogen (secondary N) is 1. The zero-order valence-electron chi connectivity index (χ0n) is 10.4. The van der Waals surface area contributed by atoms with E-state index in [0.717, 1.165) is 17.4 Å². The van der Waals surface area contributed by atoms with Crippen molar-refractivity contribution in [2.24, 2.45) is 0 Å². The van der Waals surface area contributed by atoms with Crippen LogP contribution >= 0.6 is 27.3 Å². The van der Waals surface area contributed by atoms with Crippen LogP contribution in [0.1, 0.15) is 10.4 Å². The van der Waals surface area contributed by atoms with E-state index in [0.29, 0.717) is 10.4 Å². The maximum absolute atomic E-state index is 13.5. The average Bonchev–Trinajstić information content (AvgIpc) is 2.85. The molecule has 0 aliphatic rings. The molecule has 0 bridgehead atoms. The molecule has 0 saturated heterocycles. The van der Waals surface area contributed by atoms with Gasteiger partial charge in [0.25, 0.3) is 10.0 Å². The number of sulfonamides is 1. The minimum absolute atomic E-state index is 0.0503. The Hall–Kier alpha value is -0.960. The van der Waals surface area contributed by atoms with E-state index >= 15 is 0 Å². The Morgan fingerprint density at radius 3 is 2.70 bits per heavy atom. The summed E-state index contributed by atoms with van der Waals surface area (Å²) >= 11 is 4.19. The lowest BCUT2D eigenvalue weighted by atomic mass is 10.2. The van der Waals surface area contributed by atoms with Crippen molar-refractivity contribution in [3.8, 4) is 0 Å². The fourth-order valence-electron chi connectivity index (χ4n) is 1.54. The number of hydrogen-bond donors (Lipinski definition) is 2. The Morgan fingerprint density at radius 1 is 1.40 bits per heavy atom. The first-order valence-electron chi connectivity index (χ1n) is 5.50. The molecule has 0 fully saturated rings. The molecule has 0 atom stereocenters. The third-order valence-corrected chi connectivity index (χ3v) is 5.63. The van der Waals surface area contributed by atoms with E-state index in [-0.39, 0.29) is 21.7 Å².